The van der Waals surface area contributed by atoms with Gasteiger partial charge in [0.1, 0.15) is 22.8 Å². The van der Waals surface area contributed by atoms with Crippen LogP contribution in [0.2, 0.25) is 0 Å². The normalized spacial score (nSPS) is 20.8. The van der Waals surface area contributed by atoms with E-state index in [4.69, 9.17) is 10.5 Å². The molecule has 1 aliphatic carbocycles. The van der Waals surface area contributed by atoms with E-state index >= 15 is 0 Å². The third-order valence-corrected chi connectivity index (χ3v) is 7.20. The Morgan fingerprint density at radius 2 is 1.85 bits per heavy atom. The third-order valence-electron chi connectivity index (χ3n) is 6.70. The van der Waals surface area contributed by atoms with Gasteiger partial charge in [-0.2, -0.15) is 5.26 Å². The van der Waals surface area contributed by atoms with Gasteiger partial charge in [0.05, 0.1) is 5.57 Å². The SMILES string of the molecule is CCN1C(=O)C2(C(C#N)=C(N)OC3=C2C(=O)c2cccc4cccc3c24)c2cc(Br)ccc21. The zero-order chi connectivity index (χ0) is 23.1. The minimum Gasteiger partial charge on any atom is -0.439 e. The van der Waals surface area contributed by atoms with E-state index in [0.717, 1.165) is 15.2 Å². The number of carbonyl (C=O) groups excluding carboxylic acids is 2. The van der Waals surface area contributed by atoms with E-state index in [-0.39, 0.29) is 34.5 Å². The van der Waals surface area contributed by atoms with Crippen molar-refractivity contribution in [3.05, 3.63) is 92.8 Å². The van der Waals surface area contributed by atoms with Gasteiger partial charge in [-0.25, -0.2) is 0 Å². The molecular formula is C26H16BrN3O3. The number of nitriles is 1. The number of Topliss-reactive ketones (excluding diaryl/α,β-unsaturated/α-hetero) is 1. The number of benzene rings is 3. The average Bonchev–Trinajstić information content (AvgIpc) is 3.05. The van der Waals surface area contributed by atoms with Crippen LogP contribution in [0.15, 0.2) is 76.1 Å². The number of hydrogen-bond donors (Lipinski definition) is 1. The summed E-state index contributed by atoms with van der Waals surface area (Å²) in [5.74, 6) is -0.657. The van der Waals surface area contributed by atoms with Crippen molar-refractivity contribution in [2.45, 2.75) is 12.3 Å². The molecule has 0 bridgehead atoms. The summed E-state index contributed by atoms with van der Waals surface area (Å²) in [4.78, 5) is 29.9. The summed E-state index contributed by atoms with van der Waals surface area (Å²) in [6.07, 6.45) is 0. The van der Waals surface area contributed by atoms with Crippen molar-refractivity contribution < 1.29 is 14.3 Å². The number of halogens is 1. The van der Waals surface area contributed by atoms with Crippen molar-refractivity contribution >= 4 is 49.8 Å². The second kappa shape index (κ2) is 6.56. The molecule has 160 valence electrons. The molecule has 6 nitrogen and oxygen atoms in total. The quantitative estimate of drug-likeness (QED) is 0.532. The highest BCUT2D eigenvalue weighted by atomic mass is 79.9. The molecule has 33 heavy (non-hydrogen) atoms. The molecule has 2 N–H and O–H groups in total. The Labute approximate surface area is 197 Å². The molecule has 7 heteroatoms. The number of nitrogens with zero attached hydrogens (tertiary/aromatic N) is 2. The van der Waals surface area contributed by atoms with Crippen molar-refractivity contribution in [3.8, 4) is 6.07 Å². The minimum absolute atomic E-state index is 0.0681. The number of rotatable bonds is 1. The molecule has 1 unspecified atom stereocenters. The molecule has 1 spiro atoms. The molecule has 2 heterocycles. The first-order valence-corrected chi connectivity index (χ1v) is 11.3. The fraction of sp³-hybridized carbons (Fsp3) is 0.115. The van der Waals surface area contributed by atoms with Crippen molar-refractivity contribution in [1.29, 1.82) is 5.26 Å². The predicted octanol–water partition coefficient (Wildman–Crippen LogP) is 4.54. The maximum atomic E-state index is 14.2. The zero-order valence-corrected chi connectivity index (χ0v) is 19.1. The number of ether oxygens (including phenoxy) is 1. The lowest BCUT2D eigenvalue weighted by atomic mass is 9.64. The topological polar surface area (TPSA) is 96.4 Å². The average molecular weight is 498 g/mol. The van der Waals surface area contributed by atoms with E-state index in [0.29, 0.717) is 28.9 Å². The third kappa shape index (κ3) is 2.21. The van der Waals surface area contributed by atoms with Gasteiger partial charge >= 0.3 is 0 Å². The van der Waals surface area contributed by atoms with Gasteiger partial charge in [0, 0.05) is 38.8 Å². The Morgan fingerprint density at radius 3 is 2.55 bits per heavy atom. The highest BCUT2D eigenvalue weighted by molar-refractivity contribution is 9.10. The van der Waals surface area contributed by atoms with E-state index in [9.17, 15) is 14.9 Å². The number of nitrogens with two attached hydrogens (primary N) is 1. The summed E-state index contributed by atoms with van der Waals surface area (Å²) in [7, 11) is 0. The van der Waals surface area contributed by atoms with E-state index in [1.54, 1.807) is 17.0 Å². The van der Waals surface area contributed by atoms with Gasteiger partial charge in [-0.3, -0.25) is 9.59 Å². The summed E-state index contributed by atoms with van der Waals surface area (Å²) >= 11 is 3.49. The molecule has 3 aliphatic rings. The van der Waals surface area contributed by atoms with Gasteiger partial charge in [-0.1, -0.05) is 52.3 Å². The van der Waals surface area contributed by atoms with Gasteiger partial charge in [0.25, 0.3) is 0 Å². The minimum atomic E-state index is -1.69. The fourth-order valence-corrected chi connectivity index (χ4v) is 5.78. The number of amides is 1. The van der Waals surface area contributed by atoms with Crippen molar-refractivity contribution in [2.75, 3.05) is 11.4 Å². The summed E-state index contributed by atoms with van der Waals surface area (Å²) < 4.78 is 6.70. The van der Waals surface area contributed by atoms with Crippen LogP contribution in [0.5, 0.6) is 0 Å². The van der Waals surface area contributed by atoms with Crippen LogP contribution in [0.1, 0.15) is 28.4 Å². The highest BCUT2D eigenvalue weighted by Gasteiger charge is 2.62. The van der Waals surface area contributed by atoms with Crippen LogP contribution < -0.4 is 10.6 Å². The van der Waals surface area contributed by atoms with E-state index in [2.05, 4.69) is 22.0 Å². The lowest BCUT2D eigenvalue weighted by Crippen LogP contribution is -2.48. The van der Waals surface area contributed by atoms with Crippen molar-refractivity contribution in [1.82, 2.24) is 0 Å². The van der Waals surface area contributed by atoms with E-state index in [1.807, 2.05) is 49.4 Å². The largest absolute Gasteiger partial charge is 0.439 e. The van der Waals surface area contributed by atoms with Crippen LogP contribution in [-0.2, 0) is 14.9 Å². The van der Waals surface area contributed by atoms with Crippen molar-refractivity contribution in [2.24, 2.45) is 5.73 Å². The van der Waals surface area contributed by atoms with Crippen LogP contribution in [-0.4, -0.2) is 18.2 Å². The van der Waals surface area contributed by atoms with Crippen molar-refractivity contribution in [3.63, 3.8) is 0 Å². The first-order chi connectivity index (χ1) is 15.9. The smallest absolute Gasteiger partial charge is 0.247 e. The fourth-order valence-electron chi connectivity index (χ4n) is 5.42. The second-order valence-corrected chi connectivity index (χ2v) is 9.07. The second-order valence-electron chi connectivity index (χ2n) is 8.16. The number of anilines is 1. The molecule has 0 fully saturated rings. The lowest BCUT2D eigenvalue weighted by molar-refractivity contribution is -0.120. The van der Waals surface area contributed by atoms with Crippen LogP contribution in [0, 0.1) is 11.3 Å². The molecule has 3 aromatic rings. The number of hydrogen-bond acceptors (Lipinski definition) is 5. The lowest BCUT2D eigenvalue weighted by Gasteiger charge is -2.38. The molecular weight excluding hydrogens is 482 g/mol. The van der Waals surface area contributed by atoms with Crippen LogP contribution in [0.4, 0.5) is 5.69 Å². The molecule has 0 saturated carbocycles. The summed E-state index contributed by atoms with van der Waals surface area (Å²) in [5, 5.41) is 11.8. The van der Waals surface area contributed by atoms with Crippen LogP contribution in [0.25, 0.3) is 16.5 Å². The zero-order valence-electron chi connectivity index (χ0n) is 17.5. The molecule has 0 saturated heterocycles. The number of carbonyl (C=O) groups is 2. The van der Waals surface area contributed by atoms with Gasteiger partial charge in [0.2, 0.25) is 11.8 Å². The molecule has 3 aromatic carbocycles. The Hall–Kier alpha value is -3.89. The molecule has 1 atom stereocenters. The van der Waals surface area contributed by atoms with Gasteiger partial charge in [0.15, 0.2) is 5.78 Å². The standard InChI is InChI=1S/C26H16BrN3O3/c1-2-30-19-10-9-14(27)11-17(19)26(25(30)32)18(12-28)24(29)33-23-16-8-4-6-13-5-3-7-15(20(13)16)22(31)21(23)26/h3-11H,2,29H2,1H3. The van der Waals surface area contributed by atoms with Crippen LogP contribution >= 0.6 is 15.9 Å². The predicted molar refractivity (Wildman–Crippen MR) is 127 cm³/mol. The molecule has 1 amide bonds. The van der Waals surface area contributed by atoms with Gasteiger partial charge < -0.3 is 15.4 Å². The highest BCUT2D eigenvalue weighted by Crippen LogP contribution is 2.58. The number of fused-ring (bicyclic) bond motifs is 4. The van der Waals surface area contributed by atoms with Gasteiger partial charge in [-0.15, -0.1) is 0 Å². The number of ketones is 1. The monoisotopic (exact) mass is 497 g/mol. The Bertz CT molecular complexity index is 1560. The van der Waals surface area contributed by atoms with Gasteiger partial charge in [-0.05, 0) is 30.5 Å². The summed E-state index contributed by atoms with van der Waals surface area (Å²) in [6.45, 7) is 2.23. The van der Waals surface area contributed by atoms with Crippen LogP contribution in [0.3, 0.4) is 0 Å². The first kappa shape index (κ1) is 19.8. The molecule has 2 aliphatic heterocycles. The molecule has 0 radical (unpaired) electrons. The number of likely N-dealkylation sites (N-methyl/N-ethyl adjacent to an activating group) is 1. The molecule has 0 aromatic heterocycles. The summed E-state index contributed by atoms with van der Waals surface area (Å²) in [5.41, 5.74) is 7.02. The Morgan fingerprint density at radius 1 is 1.12 bits per heavy atom. The molecule has 6 rings (SSSR count). The van der Waals surface area contributed by atoms with E-state index in [1.165, 1.54) is 0 Å². The maximum absolute atomic E-state index is 14.2. The van der Waals surface area contributed by atoms with E-state index < -0.39 is 5.41 Å². The maximum Gasteiger partial charge on any atom is 0.247 e. The first-order valence-electron chi connectivity index (χ1n) is 10.5. The Balaban J connectivity index is 1.81. The summed E-state index contributed by atoms with van der Waals surface area (Å²) in [6, 6.07) is 18.7. The Kier molecular flexibility index (Phi) is 3.93.